The van der Waals surface area contributed by atoms with Gasteiger partial charge in [0.1, 0.15) is 0 Å². The molecule has 15 heavy (non-hydrogen) atoms. The summed E-state index contributed by atoms with van der Waals surface area (Å²) in [6.07, 6.45) is 2.88. The van der Waals surface area contributed by atoms with Crippen LogP contribution in [0.15, 0.2) is 24.3 Å². The molecular formula is C12H13NO2. The largest absolute Gasteiger partial charge is 0.351 e. The number of nitrogens with one attached hydrogen (secondary N) is 1. The smallest absolute Gasteiger partial charge is 0.217 e. The van der Waals surface area contributed by atoms with Gasteiger partial charge in [0.15, 0.2) is 0 Å². The van der Waals surface area contributed by atoms with E-state index in [-0.39, 0.29) is 5.78 Å². The Morgan fingerprint density at radius 1 is 1.27 bits per heavy atom. The molecule has 0 radical (unpaired) electrons. The number of hydrogen-bond acceptors (Lipinski definition) is 3. The van der Waals surface area contributed by atoms with Crippen molar-refractivity contribution in [3.05, 3.63) is 29.8 Å². The van der Waals surface area contributed by atoms with Crippen molar-refractivity contribution < 1.29 is 9.53 Å². The van der Waals surface area contributed by atoms with Crippen molar-refractivity contribution >= 4 is 11.5 Å². The lowest BCUT2D eigenvalue weighted by Gasteiger charge is -2.32. The number of anilines is 1. The van der Waals surface area contributed by atoms with Crippen LogP contribution < -0.4 is 5.32 Å². The molecule has 1 fully saturated rings. The summed E-state index contributed by atoms with van der Waals surface area (Å²) in [7, 11) is 0. The third kappa shape index (κ3) is 1.20. The second-order valence-electron chi connectivity index (χ2n) is 4.13. The molecule has 1 N–H and O–H groups in total. The van der Waals surface area contributed by atoms with Crippen molar-refractivity contribution in [3.8, 4) is 0 Å². The van der Waals surface area contributed by atoms with Gasteiger partial charge in [-0.05, 0) is 25.0 Å². The fourth-order valence-electron chi connectivity index (χ4n) is 2.35. The zero-order valence-corrected chi connectivity index (χ0v) is 8.45. The maximum Gasteiger partial charge on any atom is 0.217 e. The number of benzene rings is 1. The zero-order valence-electron chi connectivity index (χ0n) is 8.45. The third-order valence-corrected chi connectivity index (χ3v) is 3.15. The Labute approximate surface area is 88.4 Å². The van der Waals surface area contributed by atoms with Crippen LogP contribution in [0, 0.1) is 0 Å². The number of ether oxygens (including phenoxy) is 1. The van der Waals surface area contributed by atoms with Gasteiger partial charge in [-0.1, -0.05) is 12.1 Å². The summed E-state index contributed by atoms with van der Waals surface area (Å²) in [4.78, 5) is 12.2. The predicted molar refractivity (Wildman–Crippen MR) is 56.9 cm³/mol. The Hall–Kier alpha value is -1.35. The highest BCUT2D eigenvalue weighted by Crippen LogP contribution is 2.38. The van der Waals surface area contributed by atoms with Crippen LogP contribution >= 0.6 is 0 Å². The maximum atomic E-state index is 12.2. The van der Waals surface area contributed by atoms with Crippen LogP contribution in [-0.4, -0.2) is 18.1 Å². The summed E-state index contributed by atoms with van der Waals surface area (Å²) in [6, 6.07) is 7.61. The monoisotopic (exact) mass is 203 g/mol. The van der Waals surface area contributed by atoms with Gasteiger partial charge in [0, 0.05) is 24.3 Å². The van der Waals surface area contributed by atoms with Crippen molar-refractivity contribution in [2.75, 3.05) is 11.9 Å². The summed E-state index contributed by atoms with van der Waals surface area (Å²) < 4.78 is 5.66. The second-order valence-corrected chi connectivity index (χ2v) is 4.13. The van der Waals surface area contributed by atoms with Crippen LogP contribution in [0.2, 0.25) is 0 Å². The average Bonchev–Trinajstić information content (AvgIpc) is 2.54. The van der Waals surface area contributed by atoms with Gasteiger partial charge in [0.05, 0.1) is 0 Å². The molecule has 3 nitrogen and oxygen atoms in total. The van der Waals surface area contributed by atoms with E-state index in [1.54, 1.807) is 0 Å². The van der Waals surface area contributed by atoms with Crippen LogP contribution in [0.1, 0.15) is 29.6 Å². The van der Waals surface area contributed by atoms with Gasteiger partial charge in [-0.2, -0.15) is 0 Å². The summed E-state index contributed by atoms with van der Waals surface area (Å²) >= 11 is 0. The van der Waals surface area contributed by atoms with E-state index in [9.17, 15) is 4.79 Å². The van der Waals surface area contributed by atoms with Crippen LogP contribution in [0.3, 0.4) is 0 Å². The minimum atomic E-state index is -0.748. The first-order chi connectivity index (χ1) is 7.32. The zero-order chi connectivity index (χ0) is 10.3. The van der Waals surface area contributed by atoms with Crippen LogP contribution in [0.4, 0.5) is 5.69 Å². The Kier molecular flexibility index (Phi) is 1.83. The predicted octanol–water partition coefficient (Wildman–Crippen LogP) is 2.19. The fraction of sp³-hybridized carbons (Fsp3) is 0.417. The van der Waals surface area contributed by atoms with E-state index >= 15 is 0 Å². The number of rotatable bonds is 0. The summed E-state index contributed by atoms with van der Waals surface area (Å²) in [5.41, 5.74) is 0.922. The first-order valence-corrected chi connectivity index (χ1v) is 5.38. The number of ketones is 1. The summed E-state index contributed by atoms with van der Waals surface area (Å²) in [5, 5.41) is 3.23. The van der Waals surface area contributed by atoms with Gasteiger partial charge in [-0.15, -0.1) is 0 Å². The van der Waals surface area contributed by atoms with Crippen molar-refractivity contribution in [2.45, 2.75) is 25.0 Å². The lowest BCUT2D eigenvalue weighted by atomic mass is 9.97. The molecule has 2 aliphatic rings. The summed E-state index contributed by atoms with van der Waals surface area (Å²) in [5.74, 6) is 0.0952. The minimum Gasteiger partial charge on any atom is -0.351 e. The molecule has 0 unspecified atom stereocenters. The van der Waals surface area contributed by atoms with E-state index in [4.69, 9.17) is 4.74 Å². The lowest BCUT2D eigenvalue weighted by Crippen LogP contribution is -2.46. The van der Waals surface area contributed by atoms with Gasteiger partial charge in [0.25, 0.3) is 0 Å². The quantitative estimate of drug-likeness (QED) is 0.702. The van der Waals surface area contributed by atoms with E-state index in [1.165, 1.54) is 0 Å². The van der Waals surface area contributed by atoms with Crippen molar-refractivity contribution in [3.63, 3.8) is 0 Å². The number of hydrogen-bond donors (Lipinski definition) is 1. The molecule has 0 saturated carbocycles. The minimum absolute atomic E-state index is 0.0952. The van der Waals surface area contributed by atoms with Crippen molar-refractivity contribution in [2.24, 2.45) is 0 Å². The molecule has 0 aliphatic carbocycles. The van der Waals surface area contributed by atoms with Gasteiger partial charge in [0.2, 0.25) is 11.5 Å². The molecule has 1 aromatic rings. The first kappa shape index (κ1) is 8.92. The van der Waals surface area contributed by atoms with E-state index in [1.807, 2.05) is 24.3 Å². The van der Waals surface area contributed by atoms with Crippen LogP contribution in [0.5, 0.6) is 0 Å². The number of carbonyl (C=O) groups excluding carboxylic acids is 1. The topological polar surface area (TPSA) is 38.3 Å². The maximum absolute atomic E-state index is 12.2. The van der Waals surface area contributed by atoms with Crippen LogP contribution in [0.25, 0.3) is 0 Å². The first-order valence-electron chi connectivity index (χ1n) is 5.38. The van der Waals surface area contributed by atoms with Crippen LogP contribution in [-0.2, 0) is 4.74 Å². The molecule has 0 bridgehead atoms. The third-order valence-electron chi connectivity index (χ3n) is 3.15. The van der Waals surface area contributed by atoms with Crippen molar-refractivity contribution in [1.82, 2.24) is 0 Å². The standard InChI is InChI=1S/C12H13NO2/c14-11-9-5-1-2-6-10(9)13-12(11)7-3-4-8-15-12/h1-2,5-6,13H,3-4,7-8H2/t12-/m0/s1. The molecule has 0 amide bonds. The Morgan fingerprint density at radius 3 is 2.87 bits per heavy atom. The molecule has 2 heterocycles. The molecule has 0 aromatic heterocycles. The summed E-state index contributed by atoms with van der Waals surface area (Å²) in [6.45, 7) is 0.673. The molecule has 1 atom stereocenters. The molecule has 2 aliphatic heterocycles. The Morgan fingerprint density at radius 2 is 2.13 bits per heavy atom. The number of fused-ring (bicyclic) bond motifs is 1. The number of para-hydroxylation sites is 1. The molecule has 3 heteroatoms. The molecule has 1 saturated heterocycles. The number of carbonyl (C=O) groups is 1. The van der Waals surface area contributed by atoms with Gasteiger partial charge >= 0.3 is 0 Å². The highest BCUT2D eigenvalue weighted by Gasteiger charge is 2.47. The Bertz CT molecular complexity index is 408. The Balaban J connectivity index is 2.01. The molecular weight excluding hydrogens is 190 g/mol. The van der Waals surface area contributed by atoms with E-state index < -0.39 is 5.72 Å². The van der Waals surface area contributed by atoms with Gasteiger partial charge < -0.3 is 10.1 Å². The molecule has 1 spiro atoms. The molecule has 3 rings (SSSR count). The van der Waals surface area contributed by atoms with Gasteiger partial charge in [-0.3, -0.25) is 4.79 Å². The molecule has 78 valence electrons. The SMILES string of the molecule is O=C1c2ccccc2N[C@]12CCCCO2. The van der Waals surface area contributed by atoms with E-state index in [0.717, 1.165) is 30.5 Å². The lowest BCUT2D eigenvalue weighted by molar-refractivity contribution is -0.0337. The average molecular weight is 203 g/mol. The highest BCUT2D eigenvalue weighted by atomic mass is 16.5. The normalized spacial score (nSPS) is 28.9. The van der Waals surface area contributed by atoms with E-state index in [0.29, 0.717) is 6.61 Å². The fourth-order valence-corrected chi connectivity index (χ4v) is 2.35. The van der Waals surface area contributed by atoms with Crippen molar-refractivity contribution in [1.29, 1.82) is 0 Å². The second kappa shape index (κ2) is 3.07. The number of Topliss-reactive ketones (excluding diaryl/α,β-unsaturated/α-hetero) is 1. The van der Waals surface area contributed by atoms with Gasteiger partial charge in [-0.25, -0.2) is 0 Å². The highest BCUT2D eigenvalue weighted by molar-refractivity contribution is 6.12. The van der Waals surface area contributed by atoms with E-state index in [2.05, 4.69) is 5.32 Å². The molecule has 1 aromatic carbocycles.